The number of rotatable bonds is 1. The first kappa shape index (κ1) is 11.0. The average Bonchev–Trinajstić information content (AvgIpc) is 2.02. The second kappa shape index (κ2) is 4.41. The number of nitrogens with zero attached hydrogens (tertiary/aromatic N) is 1. The molecule has 0 radical (unpaired) electrons. The fourth-order valence-corrected chi connectivity index (χ4v) is 2.17. The molecule has 1 fully saturated rings. The van der Waals surface area contributed by atoms with Crippen molar-refractivity contribution in [1.82, 2.24) is 5.32 Å². The lowest BCUT2D eigenvalue weighted by atomic mass is 9.87. The van der Waals surface area contributed by atoms with Gasteiger partial charge in [0.05, 0.1) is 17.5 Å². The summed E-state index contributed by atoms with van der Waals surface area (Å²) in [4.78, 5) is 0. The third kappa shape index (κ3) is 2.43. The van der Waals surface area contributed by atoms with Gasteiger partial charge < -0.3 is 0 Å². The molecular weight excluding hydrogens is 221 g/mol. The van der Waals surface area contributed by atoms with Crippen LogP contribution in [0.2, 0.25) is 0 Å². The zero-order valence-corrected chi connectivity index (χ0v) is 8.06. The van der Waals surface area contributed by atoms with E-state index in [1.165, 1.54) is 0 Å². The molecule has 0 bridgehead atoms. The molecule has 0 aliphatic carbocycles. The minimum Gasteiger partial charge on any atom is -0.284 e. The van der Waals surface area contributed by atoms with Crippen molar-refractivity contribution in [1.29, 1.82) is 5.26 Å². The van der Waals surface area contributed by atoms with Crippen LogP contribution < -0.4 is 5.32 Å². The predicted molar refractivity (Wildman–Crippen MR) is 45.6 cm³/mol. The summed E-state index contributed by atoms with van der Waals surface area (Å²) in [6.07, 6.45) is -2.48. The molecule has 1 aliphatic heterocycles. The van der Waals surface area contributed by atoms with Crippen LogP contribution in [0.1, 0.15) is 6.42 Å². The van der Waals surface area contributed by atoms with Crippen molar-refractivity contribution in [3.8, 4) is 6.07 Å². The Hall–Kier alpha value is -0.110. The normalized spacial score (nSPS) is 40.3. The van der Waals surface area contributed by atoms with E-state index < -0.39 is 29.3 Å². The molecule has 0 amide bonds. The maximum atomic E-state index is 12.4. The summed E-state index contributed by atoms with van der Waals surface area (Å²) in [5.41, 5.74) is -1.37. The molecule has 0 aromatic carbocycles. The first-order chi connectivity index (χ1) is 6.06. The van der Waals surface area contributed by atoms with Gasteiger partial charge in [-0.05, 0) is 6.42 Å². The lowest BCUT2D eigenvalue weighted by molar-refractivity contribution is 0.0337. The maximum absolute atomic E-state index is 12.4. The number of nitriles is 1. The van der Waals surface area contributed by atoms with Gasteiger partial charge >= 0.3 is 0 Å². The molecule has 0 spiro atoms. The molecular formula is C7H8Cl2F2N2. The number of piperidine rings is 1. The van der Waals surface area contributed by atoms with Gasteiger partial charge in [0, 0.05) is 5.92 Å². The van der Waals surface area contributed by atoms with Crippen molar-refractivity contribution in [2.24, 2.45) is 11.8 Å². The molecule has 13 heavy (non-hydrogen) atoms. The molecule has 2 nitrogen and oxygen atoms in total. The van der Waals surface area contributed by atoms with Gasteiger partial charge in [-0.1, -0.05) is 0 Å². The summed E-state index contributed by atoms with van der Waals surface area (Å²) in [7, 11) is 0. The van der Waals surface area contributed by atoms with E-state index >= 15 is 0 Å². The van der Waals surface area contributed by atoms with Crippen molar-refractivity contribution in [2.45, 2.75) is 23.8 Å². The minimum absolute atomic E-state index is 0.0701. The summed E-state index contributed by atoms with van der Waals surface area (Å²) in [5.74, 6) is -1.91. The van der Waals surface area contributed by atoms with Crippen LogP contribution in [0.25, 0.3) is 0 Å². The zero-order chi connectivity index (χ0) is 10.0. The van der Waals surface area contributed by atoms with Gasteiger partial charge in [0.25, 0.3) is 0 Å². The molecule has 74 valence electrons. The Morgan fingerprint density at radius 2 is 2.08 bits per heavy atom. The summed E-state index contributed by atoms with van der Waals surface area (Å²) in [5, 5.41) is 11.3. The molecule has 6 heteroatoms. The van der Waals surface area contributed by atoms with Crippen LogP contribution in [0.5, 0.6) is 0 Å². The first-order valence-corrected chi connectivity index (χ1v) is 4.65. The van der Waals surface area contributed by atoms with Gasteiger partial charge in [-0.2, -0.15) is 5.26 Å². The lowest BCUT2D eigenvalue weighted by Gasteiger charge is -2.33. The van der Waals surface area contributed by atoms with Crippen LogP contribution in [0.15, 0.2) is 0 Å². The molecule has 1 heterocycles. The molecule has 1 saturated heterocycles. The number of halogens is 4. The van der Waals surface area contributed by atoms with Crippen LogP contribution in [0.4, 0.5) is 8.78 Å². The fraction of sp³-hybridized carbons (Fsp3) is 0.857. The van der Waals surface area contributed by atoms with Gasteiger partial charge in [0.1, 0.15) is 5.50 Å². The zero-order valence-electron chi connectivity index (χ0n) is 6.55. The van der Waals surface area contributed by atoms with E-state index in [1.54, 1.807) is 6.07 Å². The largest absolute Gasteiger partial charge is 0.284 e. The molecule has 4 unspecified atom stereocenters. The summed E-state index contributed by atoms with van der Waals surface area (Å²) >= 11 is 11.3. The van der Waals surface area contributed by atoms with Crippen molar-refractivity contribution < 1.29 is 8.78 Å². The van der Waals surface area contributed by atoms with Gasteiger partial charge in [-0.15, -0.1) is 23.2 Å². The number of hydrogen-bond acceptors (Lipinski definition) is 2. The Morgan fingerprint density at radius 1 is 1.46 bits per heavy atom. The van der Waals surface area contributed by atoms with Crippen LogP contribution in [0.3, 0.4) is 0 Å². The minimum atomic E-state index is -2.55. The number of alkyl halides is 4. The van der Waals surface area contributed by atoms with E-state index in [-0.39, 0.29) is 6.42 Å². The second-order valence-corrected chi connectivity index (χ2v) is 3.92. The molecule has 0 aromatic rings. The van der Waals surface area contributed by atoms with Crippen LogP contribution in [-0.2, 0) is 0 Å². The molecule has 1 rings (SSSR count). The third-order valence-electron chi connectivity index (χ3n) is 2.07. The highest BCUT2D eigenvalue weighted by molar-refractivity contribution is 6.23. The highest BCUT2D eigenvalue weighted by Gasteiger charge is 2.40. The Morgan fingerprint density at radius 3 is 2.54 bits per heavy atom. The average molecular weight is 229 g/mol. The van der Waals surface area contributed by atoms with E-state index in [0.29, 0.717) is 0 Å². The lowest BCUT2D eigenvalue weighted by Crippen LogP contribution is -2.48. The van der Waals surface area contributed by atoms with Gasteiger partial charge in [0.15, 0.2) is 0 Å². The Labute approximate surface area is 84.8 Å². The standard InChI is InChI=1S/C7H8Cl2F2N2/c8-5-1-3(7(10)11)4(2-12)6(9)13-5/h3-7,13H,1H2. The maximum Gasteiger partial charge on any atom is 0.242 e. The van der Waals surface area contributed by atoms with Crippen LogP contribution in [0, 0.1) is 23.2 Å². The molecule has 1 N–H and O–H groups in total. The topological polar surface area (TPSA) is 35.8 Å². The quantitative estimate of drug-likeness (QED) is 0.552. The van der Waals surface area contributed by atoms with Gasteiger partial charge in [-0.3, -0.25) is 5.32 Å². The molecule has 1 aliphatic rings. The van der Waals surface area contributed by atoms with Gasteiger partial charge in [0.2, 0.25) is 6.43 Å². The molecule has 0 saturated carbocycles. The first-order valence-electron chi connectivity index (χ1n) is 3.78. The van der Waals surface area contributed by atoms with E-state index in [1.807, 2.05) is 0 Å². The van der Waals surface area contributed by atoms with Crippen molar-refractivity contribution >= 4 is 23.2 Å². The van der Waals surface area contributed by atoms with Crippen LogP contribution in [-0.4, -0.2) is 17.4 Å². The Kier molecular flexibility index (Phi) is 3.72. The van der Waals surface area contributed by atoms with E-state index in [9.17, 15) is 8.78 Å². The smallest absolute Gasteiger partial charge is 0.242 e. The predicted octanol–water partition coefficient (Wildman–Crippen LogP) is 2.13. The van der Waals surface area contributed by atoms with E-state index in [0.717, 1.165) is 0 Å². The number of hydrogen-bond donors (Lipinski definition) is 1. The van der Waals surface area contributed by atoms with E-state index in [4.69, 9.17) is 28.5 Å². The number of nitrogens with one attached hydrogen (secondary N) is 1. The third-order valence-corrected chi connectivity index (χ3v) is 2.77. The summed E-state index contributed by atoms with van der Waals surface area (Å²) in [6.45, 7) is 0. The summed E-state index contributed by atoms with van der Waals surface area (Å²) < 4.78 is 24.8. The van der Waals surface area contributed by atoms with Crippen LogP contribution >= 0.6 is 23.2 Å². The molecule has 4 atom stereocenters. The molecule has 0 aromatic heterocycles. The Balaban J connectivity index is 2.73. The highest BCUT2D eigenvalue weighted by atomic mass is 35.5. The Bertz CT molecular complexity index is 219. The fourth-order valence-electron chi connectivity index (χ4n) is 1.37. The second-order valence-electron chi connectivity index (χ2n) is 2.92. The van der Waals surface area contributed by atoms with Crippen molar-refractivity contribution in [3.05, 3.63) is 0 Å². The van der Waals surface area contributed by atoms with Crippen molar-refractivity contribution in [3.63, 3.8) is 0 Å². The monoisotopic (exact) mass is 228 g/mol. The van der Waals surface area contributed by atoms with Gasteiger partial charge in [-0.25, -0.2) is 8.78 Å². The highest BCUT2D eigenvalue weighted by Crippen LogP contribution is 2.33. The summed E-state index contributed by atoms with van der Waals surface area (Å²) in [6, 6.07) is 1.77. The van der Waals surface area contributed by atoms with Crippen molar-refractivity contribution in [2.75, 3.05) is 0 Å². The van der Waals surface area contributed by atoms with E-state index in [2.05, 4.69) is 5.32 Å². The SMILES string of the molecule is N#CC1C(Cl)NC(Cl)CC1C(F)F.